The fourth-order valence-corrected chi connectivity index (χ4v) is 9.58. The summed E-state index contributed by atoms with van der Waals surface area (Å²) < 4.78 is 4.65. The highest BCUT2D eigenvalue weighted by atomic mass is 79.9. The molecule has 0 saturated carbocycles. The first-order valence-corrected chi connectivity index (χ1v) is 14.2. The van der Waals surface area contributed by atoms with Crippen LogP contribution in [0, 0.1) is 17.8 Å². The van der Waals surface area contributed by atoms with E-state index < -0.39 is 40.2 Å². The molecule has 0 aromatic carbocycles. The SMILES string of the molecule is C=CCOC(=O)[C@H]1[C@H]2C(=O)N([C@@H](CO)[C@@H](C)CC)C(C(=O)N(CC=C)C(C)(C)C)C23CC(Br)[C@@H]1S3. The second-order valence-electron chi connectivity index (χ2n) is 10.9. The Hall–Kier alpha value is -1.32. The van der Waals surface area contributed by atoms with Crippen molar-refractivity contribution in [1.29, 1.82) is 0 Å². The summed E-state index contributed by atoms with van der Waals surface area (Å²) in [6.45, 7) is 17.5. The van der Waals surface area contributed by atoms with E-state index in [4.69, 9.17) is 4.74 Å². The molecule has 7 nitrogen and oxygen atoms in total. The molecule has 3 rings (SSSR count). The minimum Gasteiger partial charge on any atom is -0.461 e. The van der Waals surface area contributed by atoms with Gasteiger partial charge < -0.3 is 19.6 Å². The monoisotopic (exact) mass is 570 g/mol. The average molecular weight is 572 g/mol. The third kappa shape index (κ3) is 4.61. The summed E-state index contributed by atoms with van der Waals surface area (Å²) in [6, 6.07) is -1.32. The second kappa shape index (κ2) is 10.6. The molecule has 196 valence electrons. The van der Waals surface area contributed by atoms with Gasteiger partial charge in [0.25, 0.3) is 0 Å². The Balaban J connectivity index is 2.17. The predicted octanol–water partition coefficient (Wildman–Crippen LogP) is 3.40. The Morgan fingerprint density at radius 2 is 2.03 bits per heavy atom. The molecular weight excluding hydrogens is 532 g/mol. The number of thioether (sulfide) groups is 1. The van der Waals surface area contributed by atoms with Crippen LogP contribution in [0.3, 0.4) is 0 Å². The van der Waals surface area contributed by atoms with E-state index in [1.807, 2.05) is 34.6 Å². The molecule has 8 atom stereocenters. The van der Waals surface area contributed by atoms with Gasteiger partial charge in [-0.05, 0) is 33.1 Å². The molecule has 0 aliphatic carbocycles. The molecule has 2 amide bonds. The first kappa shape index (κ1) is 28.3. The first-order valence-electron chi connectivity index (χ1n) is 12.4. The van der Waals surface area contributed by atoms with Crippen LogP contribution in [0.2, 0.25) is 0 Å². The number of halogens is 1. The molecule has 3 fully saturated rings. The van der Waals surface area contributed by atoms with Crippen molar-refractivity contribution >= 4 is 45.5 Å². The summed E-state index contributed by atoms with van der Waals surface area (Å²) in [4.78, 5) is 45.1. The quantitative estimate of drug-likeness (QED) is 0.246. The minimum absolute atomic E-state index is 0.0231. The van der Waals surface area contributed by atoms with Crippen LogP contribution in [0.1, 0.15) is 47.5 Å². The van der Waals surface area contributed by atoms with Gasteiger partial charge in [0, 0.05) is 22.2 Å². The number of likely N-dealkylation sites (tertiary alicyclic amines) is 1. The first-order chi connectivity index (χ1) is 16.4. The molecule has 3 saturated heterocycles. The van der Waals surface area contributed by atoms with Crippen LogP contribution < -0.4 is 0 Å². The number of carbonyl (C=O) groups is 3. The summed E-state index contributed by atoms with van der Waals surface area (Å²) in [6.07, 6.45) is 4.53. The number of ether oxygens (including phenoxy) is 1. The van der Waals surface area contributed by atoms with E-state index in [0.717, 1.165) is 6.42 Å². The van der Waals surface area contributed by atoms with Gasteiger partial charge >= 0.3 is 5.97 Å². The number of carbonyl (C=O) groups excluding carboxylic acids is 3. The van der Waals surface area contributed by atoms with Crippen molar-refractivity contribution in [1.82, 2.24) is 9.80 Å². The Labute approximate surface area is 221 Å². The summed E-state index contributed by atoms with van der Waals surface area (Å²) in [5, 5.41) is 10.3. The van der Waals surface area contributed by atoms with Crippen LogP contribution in [0.25, 0.3) is 0 Å². The molecule has 3 unspecified atom stereocenters. The van der Waals surface area contributed by atoms with Gasteiger partial charge in [-0.15, -0.1) is 18.3 Å². The molecule has 0 radical (unpaired) electrons. The van der Waals surface area contributed by atoms with Crippen molar-refractivity contribution in [3.63, 3.8) is 0 Å². The lowest BCUT2D eigenvalue weighted by atomic mass is 9.71. The second-order valence-corrected chi connectivity index (χ2v) is 13.6. The molecule has 3 aliphatic rings. The van der Waals surface area contributed by atoms with Gasteiger partial charge in [0.15, 0.2) is 0 Å². The third-order valence-electron chi connectivity index (χ3n) is 7.81. The highest BCUT2D eigenvalue weighted by Gasteiger charge is 2.77. The molecule has 9 heteroatoms. The highest BCUT2D eigenvalue weighted by Crippen LogP contribution is 2.68. The molecule has 3 heterocycles. The van der Waals surface area contributed by atoms with Crippen LogP contribution in [0.15, 0.2) is 25.3 Å². The highest BCUT2D eigenvalue weighted by molar-refractivity contribution is 9.09. The molecule has 0 aromatic rings. The van der Waals surface area contributed by atoms with Gasteiger partial charge in [0.05, 0.1) is 29.2 Å². The van der Waals surface area contributed by atoms with Crippen molar-refractivity contribution in [3.05, 3.63) is 25.3 Å². The Morgan fingerprint density at radius 3 is 2.54 bits per heavy atom. The Morgan fingerprint density at radius 1 is 1.37 bits per heavy atom. The van der Waals surface area contributed by atoms with Crippen molar-refractivity contribution in [2.75, 3.05) is 19.8 Å². The molecule has 1 N–H and O–H groups in total. The number of aliphatic hydroxyl groups is 1. The number of alkyl halides is 1. The zero-order chi connectivity index (χ0) is 26.3. The van der Waals surface area contributed by atoms with Crippen molar-refractivity contribution < 1.29 is 24.2 Å². The number of amides is 2. The van der Waals surface area contributed by atoms with Gasteiger partial charge in [0.2, 0.25) is 11.8 Å². The fourth-order valence-electron chi connectivity index (χ4n) is 6.00. The third-order valence-corrected chi connectivity index (χ3v) is 11.0. The lowest BCUT2D eigenvalue weighted by Gasteiger charge is -2.44. The summed E-state index contributed by atoms with van der Waals surface area (Å²) in [5.41, 5.74) is -0.503. The largest absolute Gasteiger partial charge is 0.461 e. The minimum atomic E-state index is -0.794. The summed E-state index contributed by atoms with van der Waals surface area (Å²) in [5.74, 6) is -2.19. The van der Waals surface area contributed by atoms with Crippen LogP contribution in [0.4, 0.5) is 0 Å². The van der Waals surface area contributed by atoms with Crippen molar-refractivity contribution in [2.45, 2.75) is 79.9 Å². The van der Waals surface area contributed by atoms with E-state index >= 15 is 0 Å². The number of esters is 1. The zero-order valence-corrected chi connectivity index (χ0v) is 23.8. The smallest absolute Gasteiger partial charge is 0.311 e. The molecule has 35 heavy (non-hydrogen) atoms. The van der Waals surface area contributed by atoms with Crippen LogP contribution in [0.5, 0.6) is 0 Å². The maximum atomic E-state index is 14.4. The van der Waals surface area contributed by atoms with Gasteiger partial charge in [-0.1, -0.05) is 54.9 Å². The number of hydrogen-bond acceptors (Lipinski definition) is 6. The molecular formula is C26H39BrN2O5S. The standard InChI is InChI=1S/C26H39BrN2O5S/c1-8-11-28(25(5,6)7)23(32)21-26-13-16(27)20(35-26)18(24(33)34-12-9-2)19(26)22(31)29(21)17(14-30)15(4)10-3/h8-9,15-21,30H,1-2,10-14H2,3-7H3/t15-,16?,17-,18-,19-,20-,21?,26?/m0/s1. The number of nitrogens with zero attached hydrogens (tertiary/aromatic N) is 2. The van der Waals surface area contributed by atoms with E-state index in [1.165, 1.54) is 6.08 Å². The number of fused-ring (bicyclic) bond motifs is 1. The van der Waals surface area contributed by atoms with Crippen molar-refractivity contribution in [2.24, 2.45) is 17.8 Å². The predicted molar refractivity (Wildman–Crippen MR) is 142 cm³/mol. The molecule has 2 bridgehead atoms. The number of rotatable bonds is 10. The maximum absolute atomic E-state index is 14.4. The summed E-state index contributed by atoms with van der Waals surface area (Å²) in [7, 11) is 0. The van der Waals surface area contributed by atoms with E-state index in [0.29, 0.717) is 13.0 Å². The topological polar surface area (TPSA) is 87.1 Å². The summed E-state index contributed by atoms with van der Waals surface area (Å²) >= 11 is 5.33. The van der Waals surface area contributed by atoms with Crippen LogP contribution in [-0.2, 0) is 19.1 Å². The van der Waals surface area contributed by atoms with Crippen molar-refractivity contribution in [3.8, 4) is 0 Å². The van der Waals surface area contributed by atoms with Gasteiger partial charge in [-0.25, -0.2) is 0 Å². The van der Waals surface area contributed by atoms with Crippen LogP contribution in [-0.4, -0.2) is 84.9 Å². The zero-order valence-electron chi connectivity index (χ0n) is 21.4. The molecule has 0 aromatic heterocycles. The van der Waals surface area contributed by atoms with Gasteiger partial charge in [0.1, 0.15) is 12.6 Å². The van der Waals surface area contributed by atoms with Gasteiger partial charge in [-0.3, -0.25) is 14.4 Å². The lowest BCUT2D eigenvalue weighted by Crippen LogP contribution is -2.61. The molecule has 1 spiro atoms. The number of aliphatic hydroxyl groups excluding tert-OH is 1. The maximum Gasteiger partial charge on any atom is 0.311 e. The Kier molecular flexibility index (Phi) is 8.54. The number of hydrogen-bond donors (Lipinski definition) is 1. The Bertz CT molecular complexity index is 876. The van der Waals surface area contributed by atoms with E-state index in [-0.39, 0.29) is 41.0 Å². The van der Waals surface area contributed by atoms with Gasteiger partial charge in [-0.2, -0.15) is 0 Å². The van der Waals surface area contributed by atoms with E-state index in [2.05, 4.69) is 29.1 Å². The van der Waals surface area contributed by atoms with E-state index in [1.54, 1.807) is 27.6 Å². The molecule has 3 aliphatic heterocycles. The average Bonchev–Trinajstić information content (AvgIpc) is 3.38. The fraction of sp³-hybridized carbons (Fsp3) is 0.731. The lowest BCUT2D eigenvalue weighted by molar-refractivity contribution is -0.154. The van der Waals surface area contributed by atoms with E-state index in [9.17, 15) is 19.5 Å². The normalized spacial score (nSPS) is 33.3. The van der Waals surface area contributed by atoms with Crippen LogP contribution >= 0.6 is 27.7 Å².